The molecular weight excluding hydrogens is 234 g/mol. The molecule has 0 atom stereocenters. The van der Waals surface area contributed by atoms with E-state index in [2.05, 4.69) is 0 Å². The average molecular weight is 259 g/mol. The van der Waals surface area contributed by atoms with E-state index in [-0.39, 0.29) is 12.4 Å². The normalized spacial score (nSPS) is 10.6. The summed E-state index contributed by atoms with van der Waals surface area (Å²) in [6, 6.07) is 0. The fourth-order valence-corrected chi connectivity index (χ4v) is 1.49. The molecule has 0 aliphatic rings. The van der Waals surface area contributed by atoms with Crippen LogP contribution in [-0.2, 0) is 14.3 Å². The first kappa shape index (κ1) is 16.9. The highest BCUT2D eigenvalue weighted by atomic mass is 16.5. The maximum absolute atomic E-state index is 11.3. The van der Waals surface area contributed by atoms with Crippen molar-refractivity contribution in [3.8, 4) is 0 Å². The number of aliphatic carboxylic acids is 1. The van der Waals surface area contributed by atoms with E-state index in [0.29, 0.717) is 13.0 Å². The van der Waals surface area contributed by atoms with Crippen molar-refractivity contribution in [1.29, 1.82) is 0 Å². The quantitative estimate of drug-likeness (QED) is 0.453. The van der Waals surface area contributed by atoms with Gasteiger partial charge in [0.1, 0.15) is 6.61 Å². The molecule has 0 aromatic rings. The van der Waals surface area contributed by atoms with E-state index in [4.69, 9.17) is 9.84 Å². The summed E-state index contributed by atoms with van der Waals surface area (Å²) >= 11 is 0. The highest BCUT2D eigenvalue weighted by molar-refractivity contribution is 5.69. The fraction of sp³-hybridized carbons (Fsp3) is 0.846. The predicted molar refractivity (Wildman–Crippen MR) is 69.5 cm³/mol. The first-order valence-electron chi connectivity index (χ1n) is 6.54. The van der Waals surface area contributed by atoms with Crippen molar-refractivity contribution in [3.05, 3.63) is 0 Å². The van der Waals surface area contributed by atoms with Crippen LogP contribution in [-0.4, -0.2) is 49.2 Å². The lowest BCUT2D eigenvalue weighted by Gasteiger charge is -2.09. The van der Waals surface area contributed by atoms with Crippen LogP contribution in [0.5, 0.6) is 0 Å². The van der Waals surface area contributed by atoms with E-state index in [1.54, 1.807) is 0 Å². The maximum Gasteiger partial charge on any atom is 0.305 e. The molecule has 106 valence electrons. The Morgan fingerprint density at radius 3 is 2.11 bits per heavy atom. The summed E-state index contributed by atoms with van der Waals surface area (Å²) in [5.74, 6) is -0.873. The van der Waals surface area contributed by atoms with Crippen molar-refractivity contribution in [2.75, 3.05) is 27.2 Å². The van der Waals surface area contributed by atoms with E-state index in [1.807, 2.05) is 19.0 Å². The summed E-state index contributed by atoms with van der Waals surface area (Å²) in [5.41, 5.74) is 0. The molecule has 5 nitrogen and oxygen atoms in total. The van der Waals surface area contributed by atoms with Crippen molar-refractivity contribution in [3.63, 3.8) is 0 Å². The smallest absolute Gasteiger partial charge is 0.305 e. The molecular formula is C13H25NO4. The third-order valence-electron chi connectivity index (χ3n) is 2.57. The van der Waals surface area contributed by atoms with E-state index in [9.17, 15) is 9.59 Å². The van der Waals surface area contributed by atoms with Gasteiger partial charge in [-0.3, -0.25) is 9.59 Å². The topological polar surface area (TPSA) is 66.8 Å². The van der Waals surface area contributed by atoms with Crippen LogP contribution in [0.3, 0.4) is 0 Å². The number of nitrogens with zero attached hydrogens (tertiary/aromatic N) is 1. The Bertz CT molecular complexity index is 241. The average Bonchev–Trinajstić information content (AvgIpc) is 2.26. The summed E-state index contributed by atoms with van der Waals surface area (Å²) in [5, 5.41) is 8.45. The van der Waals surface area contributed by atoms with Gasteiger partial charge in [-0.1, -0.05) is 19.3 Å². The standard InChI is InChI=1S/C13H25NO4/c1-14(2)10-11-18-13(17)9-7-5-3-4-6-8-12(15)16/h3-11H2,1-2H3,(H,15,16). The Kier molecular flexibility index (Phi) is 10.3. The van der Waals surface area contributed by atoms with Crippen molar-refractivity contribution in [2.45, 2.75) is 44.9 Å². The Labute approximate surface area is 109 Å². The van der Waals surface area contributed by atoms with Crippen LogP contribution in [0.25, 0.3) is 0 Å². The Hall–Kier alpha value is -1.10. The Balaban J connectivity index is 3.22. The fourth-order valence-electron chi connectivity index (χ4n) is 1.49. The summed E-state index contributed by atoms with van der Waals surface area (Å²) in [6.45, 7) is 1.20. The number of carboxylic acid groups (broad SMARTS) is 1. The zero-order chi connectivity index (χ0) is 13.8. The van der Waals surface area contributed by atoms with Gasteiger partial charge in [-0.2, -0.15) is 0 Å². The number of carbonyl (C=O) groups excluding carboxylic acids is 1. The third kappa shape index (κ3) is 13.0. The second kappa shape index (κ2) is 11.0. The van der Waals surface area contributed by atoms with Crippen LogP contribution in [0.15, 0.2) is 0 Å². The van der Waals surface area contributed by atoms with Gasteiger partial charge in [-0.15, -0.1) is 0 Å². The minimum atomic E-state index is -0.737. The highest BCUT2D eigenvalue weighted by Crippen LogP contribution is 2.07. The monoisotopic (exact) mass is 259 g/mol. The van der Waals surface area contributed by atoms with E-state index < -0.39 is 5.97 Å². The first-order chi connectivity index (χ1) is 8.52. The largest absolute Gasteiger partial charge is 0.481 e. The second-order valence-corrected chi connectivity index (χ2v) is 4.69. The van der Waals surface area contributed by atoms with Crippen molar-refractivity contribution >= 4 is 11.9 Å². The molecule has 0 aliphatic heterocycles. The molecule has 1 N–H and O–H groups in total. The van der Waals surface area contributed by atoms with E-state index >= 15 is 0 Å². The van der Waals surface area contributed by atoms with Crippen LogP contribution >= 0.6 is 0 Å². The molecule has 0 aromatic heterocycles. The summed E-state index contributed by atoms with van der Waals surface area (Å²) in [6.07, 6.45) is 5.12. The van der Waals surface area contributed by atoms with Crippen molar-refractivity contribution in [2.24, 2.45) is 0 Å². The van der Waals surface area contributed by atoms with Gasteiger partial charge in [0.2, 0.25) is 0 Å². The minimum Gasteiger partial charge on any atom is -0.481 e. The lowest BCUT2D eigenvalue weighted by atomic mass is 10.1. The molecule has 0 saturated heterocycles. The second-order valence-electron chi connectivity index (χ2n) is 4.69. The van der Waals surface area contributed by atoms with Crippen LogP contribution in [0.4, 0.5) is 0 Å². The number of rotatable bonds is 11. The van der Waals surface area contributed by atoms with Crippen LogP contribution in [0, 0.1) is 0 Å². The molecule has 0 aromatic carbocycles. The minimum absolute atomic E-state index is 0.137. The zero-order valence-corrected chi connectivity index (χ0v) is 11.5. The molecule has 0 radical (unpaired) electrons. The SMILES string of the molecule is CN(C)CCOC(=O)CCCCCCCC(=O)O. The molecule has 0 bridgehead atoms. The number of carbonyl (C=O) groups is 2. The molecule has 5 heteroatoms. The highest BCUT2D eigenvalue weighted by Gasteiger charge is 2.03. The Morgan fingerprint density at radius 2 is 1.56 bits per heavy atom. The van der Waals surface area contributed by atoms with Gasteiger partial charge in [-0.25, -0.2) is 0 Å². The molecule has 0 aliphatic carbocycles. The van der Waals surface area contributed by atoms with Gasteiger partial charge in [0, 0.05) is 19.4 Å². The molecule has 0 amide bonds. The van der Waals surface area contributed by atoms with Gasteiger partial charge in [0.05, 0.1) is 0 Å². The molecule has 0 unspecified atom stereocenters. The number of ether oxygens (including phenoxy) is 1. The van der Waals surface area contributed by atoms with E-state index in [1.165, 1.54) is 0 Å². The Morgan fingerprint density at radius 1 is 1.00 bits per heavy atom. The summed E-state index contributed by atoms with van der Waals surface area (Å²) in [7, 11) is 3.87. The van der Waals surface area contributed by atoms with Gasteiger partial charge in [0.15, 0.2) is 0 Å². The number of esters is 1. The molecule has 0 rings (SSSR count). The third-order valence-corrected chi connectivity index (χ3v) is 2.57. The maximum atomic E-state index is 11.3. The van der Waals surface area contributed by atoms with Gasteiger partial charge in [-0.05, 0) is 26.9 Å². The molecule has 18 heavy (non-hydrogen) atoms. The number of hydrogen-bond acceptors (Lipinski definition) is 4. The van der Waals surface area contributed by atoms with Crippen molar-refractivity contribution in [1.82, 2.24) is 4.90 Å². The number of unbranched alkanes of at least 4 members (excludes halogenated alkanes) is 4. The number of likely N-dealkylation sites (N-methyl/N-ethyl adjacent to an activating group) is 1. The van der Waals surface area contributed by atoms with Gasteiger partial charge in [0.25, 0.3) is 0 Å². The molecule has 0 saturated carbocycles. The molecule has 0 fully saturated rings. The number of carboxylic acids is 1. The first-order valence-corrected chi connectivity index (χ1v) is 6.54. The molecule has 0 heterocycles. The summed E-state index contributed by atoms with van der Waals surface area (Å²) in [4.78, 5) is 23.5. The van der Waals surface area contributed by atoms with Gasteiger partial charge >= 0.3 is 11.9 Å². The van der Waals surface area contributed by atoms with Crippen LogP contribution < -0.4 is 0 Å². The molecule has 0 spiro atoms. The van der Waals surface area contributed by atoms with Gasteiger partial charge < -0.3 is 14.7 Å². The summed E-state index contributed by atoms with van der Waals surface area (Å²) < 4.78 is 5.05. The number of hydrogen-bond donors (Lipinski definition) is 1. The van der Waals surface area contributed by atoms with Crippen LogP contribution in [0.2, 0.25) is 0 Å². The predicted octanol–water partition coefficient (Wildman–Crippen LogP) is 1.91. The van der Waals surface area contributed by atoms with Crippen molar-refractivity contribution < 1.29 is 19.4 Å². The lowest BCUT2D eigenvalue weighted by molar-refractivity contribution is -0.144. The zero-order valence-electron chi connectivity index (χ0n) is 11.5. The lowest BCUT2D eigenvalue weighted by Crippen LogP contribution is -2.20. The van der Waals surface area contributed by atoms with E-state index in [0.717, 1.165) is 38.6 Å². The van der Waals surface area contributed by atoms with Crippen LogP contribution in [0.1, 0.15) is 44.9 Å².